The molecule has 3 aromatic carbocycles. The second-order valence-corrected chi connectivity index (χ2v) is 9.06. The van der Waals surface area contributed by atoms with E-state index in [-0.39, 0.29) is 0 Å². The van der Waals surface area contributed by atoms with Crippen LogP contribution < -0.4 is 15.2 Å². The molecule has 35 heavy (non-hydrogen) atoms. The smallest absolute Gasteiger partial charge is 0.328 e. The number of halogens is 2. The predicted octanol–water partition coefficient (Wildman–Crippen LogP) is 4.99. The number of hydrogen-bond donors (Lipinski definition) is 1. The first-order chi connectivity index (χ1) is 16.9. The SMILES string of the molecule is NC(=O)C(F)(F)Cc1ccc2ccccc2c1.c1cc2c(cc1CCCN1CCCC1)OCCO2. The Balaban J connectivity index is 0.000000165. The highest BCUT2D eigenvalue weighted by Crippen LogP contribution is 2.31. The Morgan fingerprint density at radius 1 is 0.886 bits per heavy atom. The van der Waals surface area contributed by atoms with Crippen molar-refractivity contribution >= 4 is 16.7 Å². The van der Waals surface area contributed by atoms with E-state index in [2.05, 4.69) is 22.8 Å². The minimum atomic E-state index is -3.50. The third-order valence-electron chi connectivity index (χ3n) is 6.35. The number of likely N-dealkylation sites (tertiary alicyclic amines) is 1. The zero-order valence-electron chi connectivity index (χ0n) is 19.8. The number of ether oxygens (including phenoxy) is 2. The van der Waals surface area contributed by atoms with Gasteiger partial charge in [0.05, 0.1) is 0 Å². The summed E-state index contributed by atoms with van der Waals surface area (Å²) in [4.78, 5) is 13.1. The Morgan fingerprint density at radius 3 is 2.31 bits per heavy atom. The summed E-state index contributed by atoms with van der Waals surface area (Å²) in [5, 5.41) is 1.84. The number of carbonyl (C=O) groups excluding carboxylic acids is 1. The number of rotatable bonds is 7. The number of primary amides is 1. The topological polar surface area (TPSA) is 64.8 Å². The van der Waals surface area contributed by atoms with E-state index in [1.54, 1.807) is 18.2 Å². The molecule has 3 aromatic rings. The lowest BCUT2D eigenvalue weighted by Gasteiger charge is -2.19. The van der Waals surface area contributed by atoms with Gasteiger partial charge in [-0.2, -0.15) is 8.78 Å². The molecule has 1 saturated heterocycles. The third-order valence-corrected chi connectivity index (χ3v) is 6.35. The van der Waals surface area contributed by atoms with Crippen molar-refractivity contribution in [1.29, 1.82) is 0 Å². The van der Waals surface area contributed by atoms with Crippen LogP contribution in [0.15, 0.2) is 60.7 Å². The molecule has 0 saturated carbocycles. The fourth-order valence-corrected chi connectivity index (χ4v) is 4.45. The zero-order valence-corrected chi connectivity index (χ0v) is 19.8. The number of aryl methyl sites for hydroxylation is 1. The van der Waals surface area contributed by atoms with Crippen molar-refractivity contribution in [2.24, 2.45) is 5.73 Å². The maximum Gasteiger partial charge on any atom is 0.328 e. The fraction of sp³-hybridized carbons (Fsp3) is 0.393. The Labute approximate surface area is 204 Å². The lowest BCUT2D eigenvalue weighted by molar-refractivity contribution is -0.141. The molecule has 2 N–H and O–H groups in total. The number of nitrogens with zero attached hydrogens (tertiary/aromatic N) is 1. The molecule has 0 aliphatic carbocycles. The molecule has 0 spiro atoms. The van der Waals surface area contributed by atoms with Gasteiger partial charge in [-0.3, -0.25) is 4.79 Å². The number of carbonyl (C=O) groups is 1. The molecular formula is C28H32F2N2O3. The van der Waals surface area contributed by atoms with Crippen molar-refractivity contribution in [1.82, 2.24) is 4.90 Å². The molecule has 1 amide bonds. The average molecular weight is 483 g/mol. The molecule has 2 aliphatic rings. The van der Waals surface area contributed by atoms with Crippen molar-refractivity contribution in [3.05, 3.63) is 71.8 Å². The molecular weight excluding hydrogens is 450 g/mol. The van der Waals surface area contributed by atoms with Crippen LogP contribution in [0.2, 0.25) is 0 Å². The zero-order chi connectivity index (χ0) is 24.7. The van der Waals surface area contributed by atoms with Crippen LogP contribution in [0.5, 0.6) is 11.5 Å². The van der Waals surface area contributed by atoms with Crippen LogP contribution in [0, 0.1) is 0 Å². The van der Waals surface area contributed by atoms with E-state index >= 15 is 0 Å². The van der Waals surface area contributed by atoms with Gasteiger partial charge in [-0.15, -0.1) is 0 Å². The van der Waals surface area contributed by atoms with Gasteiger partial charge in [-0.1, -0.05) is 48.5 Å². The first kappa shape index (κ1) is 24.9. The summed E-state index contributed by atoms with van der Waals surface area (Å²) in [7, 11) is 0. The monoisotopic (exact) mass is 482 g/mol. The second-order valence-electron chi connectivity index (χ2n) is 9.06. The standard InChI is InChI=1S/C15H21NO2.C13H11F2NO/c1-2-8-16(7-1)9-3-4-13-5-6-14-15(12-13)18-11-10-17-14;14-13(15,12(16)17)8-9-5-6-10-3-1-2-4-11(10)7-9/h5-6,12H,1-4,7-11H2;1-7H,8H2,(H2,16,17). The molecule has 5 nitrogen and oxygen atoms in total. The molecule has 7 heteroatoms. The van der Waals surface area contributed by atoms with Gasteiger partial charge in [0.2, 0.25) is 0 Å². The summed E-state index contributed by atoms with van der Waals surface area (Å²) in [6.45, 7) is 5.16. The van der Waals surface area contributed by atoms with Crippen molar-refractivity contribution in [2.75, 3.05) is 32.8 Å². The molecule has 186 valence electrons. The van der Waals surface area contributed by atoms with E-state index in [9.17, 15) is 13.6 Å². The average Bonchev–Trinajstić information content (AvgIpc) is 3.38. The molecule has 0 aromatic heterocycles. The van der Waals surface area contributed by atoms with Crippen LogP contribution in [-0.4, -0.2) is 49.6 Å². The van der Waals surface area contributed by atoms with Gasteiger partial charge < -0.3 is 20.1 Å². The summed E-state index contributed by atoms with van der Waals surface area (Å²) >= 11 is 0. The normalized spacial score (nSPS) is 15.5. The number of alkyl halides is 2. The van der Waals surface area contributed by atoms with Crippen LogP contribution in [0.4, 0.5) is 8.78 Å². The van der Waals surface area contributed by atoms with E-state index in [0.717, 1.165) is 28.7 Å². The van der Waals surface area contributed by atoms with E-state index < -0.39 is 18.3 Å². The maximum absolute atomic E-state index is 13.2. The molecule has 1 fully saturated rings. The van der Waals surface area contributed by atoms with Crippen LogP contribution in [0.25, 0.3) is 10.8 Å². The number of benzene rings is 3. The maximum atomic E-state index is 13.2. The number of amides is 1. The first-order valence-electron chi connectivity index (χ1n) is 12.2. The summed E-state index contributed by atoms with van der Waals surface area (Å²) in [5.74, 6) is -3.28. The minimum absolute atomic E-state index is 0.396. The minimum Gasteiger partial charge on any atom is -0.486 e. The van der Waals surface area contributed by atoms with Crippen molar-refractivity contribution in [3.8, 4) is 11.5 Å². The van der Waals surface area contributed by atoms with Gasteiger partial charge in [0.25, 0.3) is 5.91 Å². The van der Waals surface area contributed by atoms with Crippen molar-refractivity contribution in [3.63, 3.8) is 0 Å². The van der Waals surface area contributed by atoms with Gasteiger partial charge in [-0.25, -0.2) is 0 Å². The molecule has 0 unspecified atom stereocenters. The highest BCUT2D eigenvalue weighted by Gasteiger charge is 2.36. The number of nitrogens with two attached hydrogens (primary N) is 1. The molecule has 0 atom stereocenters. The van der Waals surface area contributed by atoms with Crippen LogP contribution in [0.3, 0.4) is 0 Å². The Bertz CT molecular complexity index is 1150. The van der Waals surface area contributed by atoms with E-state index in [1.165, 1.54) is 44.5 Å². The van der Waals surface area contributed by atoms with E-state index in [0.29, 0.717) is 18.8 Å². The van der Waals surface area contributed by atoms with Gasteiger partial charge in [0.1, 0.15) is 13.2 Å². The molecule has 0 bridgehead atoms. The van der Waals surface area contributed by atoms with E-state index in [1.807, 2.05) is 30.3 Å². The Kier molecular flexibility index (Phi) is 8.18. The third kappa shape index (κ3) is 6.92. The largest absolute Gasteiger partial charge is 0.486 e. The van der Waals surface area contributed by atoms with Gasteiger partial charge >= 0.3 is 5.92 Å². The van der Waals surface area contributed by atoms with Crippen LogP contribution in [-0.2, 0) is 17.6 Å². The Morgan fingerprint density at radius 2 is 1.57 bits per heavy atom. The summed E-state index contributed by atoms with van der Waals surface area (Å²) in [5.41, 5.74) is 6.40. The van der Waals surface area contributed by atoms with Crippen molar-refractivity contribution < 1.29 is 23.0 Å². The summed E-state index contributed by atoms with van der Waals surface area (Å²) < 4.78 is 37.5. The van der Waals surface area contributed by atoms with E-state index in [4.69, 9.17) is 9.47 Å². The first-order valence-corrected chi connectivity index (χ1v) is 12.2. The van der Waals surface area contributed by atoms with Crippen LogP contribution in [0.1, 0.15) is 30.4 Å². The number of hydrogen-bond acceptors (Lipinski definition) is 4. The fourth-order valence-electron chi connectivity index (χ4n) is 4.45. The summed E-state index contributed by atoms with van der Waals surface area (Å²) in [6.07, 6.45) is 4.47. The molecule has 2 heterocycles. The van der Waals surface area contributed by atoms with Gasteiger partial charge in [-0.05, 0) is 79.3 Å². The molecule has 2 aliphatic heterocycles. The lowest BCUT2D eigenvalue weighted by atomic mass is 10.0. The lowest BCUT2D eigenvalue weighted by Crippen LogP contribution is -2.37. The quantitative estimate of drug-likeness (QED) is 0.515. The Hall–Kier alpha value is -3.19. The predicted molar refractivity (Wildman–Crippen MR) is 133 cm³/mol. The summed E-state index contributed by atoms with van der Waals surface area (Å²) in [6, 6.07) is 18.8. The van der Waals surface area contributed by atoms with Crippen molar-refractivity contribution in [2.45, 2.75) is 38.0 Å². The van der Waals surface area contributed by atoms with Crippen LogP contribution >= 0.6 is 0 Å². The highest BCUT2D eigenvalue weighted by atomic mass is 19.3. The van der Waals surface area contributed by atoms with Gasteiger partial charge in [0.15, 0.2) is 11.5 Å². The number of fused-ring (bicyclic) bond motifs is 2. The van der Waals surface area contributed by atoms with Gasteiger partial charge in [0, 0.05) is 6.42 Å². The molecule has 5 rings (SSSR count). The second kappa shape index (κ2) is 11.5. The molecule has 0 radical (unpaired) electrons. The highest BCUT2D eigenvalue weighted by molar-refractivity contribution is 5.84.